The van der Waals surface area contributed by atoms with E-state index in [1.807, 2.05) is 20.8 Å². The Morgan fingerprint density at radius 3 is 2.20 bits per heavy atom. The minimum Gasteiger partial charge on any atom is -0.389 e. The Hall–Kier alpha value is -0.300. The largest absolute Gasteiger partial charge is 0.389 e. The second kappa shape index (κ2) is 2.09. The van der Waals surface area contributed by atoms with Gasteiger partial charge in [0.25, 0.3) is 0 Å². The number of rotatable bonds is 2. The Kier molecular flexibility index (Phi) is 1.63. The third-order valence-corrected chi connectivity index (χ3v) is 2.67. The van der Waals surface area contributed by atoms with Crippen molar-refractivity contribution in [2.75, 3.05) is 0 Å². The maximum atomic E-state index is 9.84. The fraction of sp³-hybridized carbons (Fsp3) is 0.778. The van der Waals surface area contributed by atoms with Crippen LogP contribution in [0.15, 0.2) is 12.2 Å². The van der Waals surface area contributed by atoms with Crippen LogP contribution in [-0.4, -0.2) is 10.7 Å². The average molecular weight is 140 g/mol. The molecule has 0 aliphatic heterocycles. The van der Waals surface area contributed by atoms with E-state index in [4.69, 9.17) is 0 Å². The van der Waals surface area contributed by atoms with Crippen molar-refractivity contribution in [3.8, 4) is 0 Å². The first-order chi connectivity index (χ1) is 4.46. The molecule has 0 saturated heterocycles. The van der Waals surface area contributed by atoms with Crippen molar-refractivity contribution >= 4 is 0 Å². The smallest absolute Gasteiger partial charge is 0.0710 e. The summed E-state index contributed by atoms with van der Waals surface area (Å²) in [6, 6.07) is 0. The molecule has 2 atom stereocenters. The van der Waals surface area contributed by atoms with Crippen LogP contribution < -0.4 is 0 Å². The molecule has 0 radical (unpaired) electrons. The van der Waals surface area contributed by atoms with Crippen molar-refractivity contribution in [3.63, 3.8) is 0 Å². The molecular weight excluding hydrogens is 124 g/mol. The van der Waals surface area contributed by atoms with Crippen LogP contribution in [0.25, 0.3) is 0 Å². The van der Waals surface area contributed by atoms with Gasteiger partial charge in [-0.15, -0.1) is 0 Å². The van der Waals surface area contributed by atoms with Gasteiger partial charge in [-0.05, 0) is 19.3 Å². The van der Waals surface area contributed by atoms with Gasteiger partial charge in [-0.3, -0.25) is 0 Å². The van der Waals surface area contributed by atoms with Crippen LogP contribution in [0.1, 0.15) is 27.2 Å². The molecule has 0 unspecified atom stereocenters. The van der Waals surface area contributed by atoms with E-state index in [0.29, 0.717) is 11.8 Å². The number of hydrogen-bond acceptors (Lipinski definition) is 1. The van der Waals surface area contributed by atoms with Crippen LogP contribution >= 0.6 is 0 Å². The van der Waals surface area contributed by atoms with Crippen LogP contribution in [0, 0.1) is 11.8 Å². The highest BCUT2D eigenvalue weighted by Gasteiger charge is 2.45. The molecule has 1 aliphatic carbocycles. The van der Waals surface area contributed by atoms with E-state index in [1.54, 1.807) is 0 Å². The highest BCUT2D eigenvalue weighted by molar-refractivity contribution is 5.24. The van der Waals surface area contributed by atoms with Gasteiger partial charge < -0.3 is 5.11 Å². The van der Waals surface area contributed by atoms with E-state index in [2.05, 4.69) is 6.58 Å². The van der Waals surface area contributed by atoms with Gasteiger partial charge in [-0.25, -0.2) is 0 Å². The van der Waals surface area contributed by atoms with Crippen LogP contribution in [0.4, 0.5) is 0 Å². The Bertz CT molecular complexity index is 156. The van der Waals surface area contributed by atoms with Crippen LogP contribution in [-0.2, 0) is 0 Å². The topological polar surface area (TPSA) is 20.2 Å². The summed E-state index contributed by atoms with van der Waals surface area (Å²) in [5, 5.41) is 9.84. The molecule has 58 valence electrons. The zero-order valence-electron chi connectivity index (χ0n) is 7.02. The lowest BCUT2D eigenvalue weighted by Gasteiger charge is -2.27. The lowest BCUT2D eigenvalue weighted by Crippen LogP contribution is -2.33. The maximum absolute atomic E-state index is 9.84. The molecule has 1 heteroatoms. The molecule has 0 bridgehead atoms. The molecule has 1 rings (SSSR count). The van der Waals surface area contributed by atoms with Gasteiger partial charge in [0.15, 0.2) is 0 Å². The molecule has 0 amide bonds. The SMILES string of the molecule is C=C1C[C@H]1[C@](C)(O)C(C)C. The summed E-state index contributed by atoms with van der Waals surface area (Å²) in [5.41, 5.74) is 0.690. The molecule has 10 heavy (non-hydrogen) atoms. The summed E-state index contributed by atoms with van der Waals surface area (Å²) in [6.07, 6.45) is 1.02. The third-order valence-electron chi connectivity index (χ3n) is 2.67. The van der Waals surface area contributed by atoms with Crippen LogP contribution in [0.5, 0.6) is 0 Å². The molecular formula is C9H16O. The Balaban J connectivity index is 2.60. The number of hydrogen-bond donors (Lipinski definition) is 1. The van der Waals surface area contributed by atoms with Gasteiger partial charge in [0.1, 0.15) is 0 Å². The third kappa shape index (κ3) is 1.10. The van der Waals surface area contributed by atoms with Crippen LogP contribution in [0.3, 0.4) is 0 Å². The molecule has 0 aromatic rings. The molecule has 1 fully saturated rings. The van der Waals surface area contributed by atoms with Crippen LogP contribution in [0.2, 0.25) is 0 Å². The molecule has 1 aliphatic rings. The lowest BCUT2D eigenvalue weighted by molar-refractivity contribution is -0.00393. The average Bonchev–Trinajstić information content (AvgIpc) is 2.46. The van der Waals surface area contributed by atoms with Gasteiger partial charge in [-0.2, -0.15) is 0 Å². The molecule has 1 N–H and O–H groups in total. The summed E-state index contributed by atoms with van der Waals surface area (Å²) in [4.78, 5) is 0. The molecule has 1 saturated carbocycles. The zero-order valence-corrected chi connectivity index (χ0v) is 7.02. The molecule has 0 spiro atoms. The summed E-state index contributed by atoms with van der Waals surface area (Å²) < 4.78 is 0. The predicted molar refractivity (Wildman–Crippen MR) is 42.7 cm³/mol. The Morgan fingerprint density at radius 2 is 2.10 bits per heavy atom. The first-order valence-electron chi connectivity index (χ1n) is 3.86. The second-order valence-corrected chi connectivity index (χ2v) is 3.80. The standard InChI is InChI=1S/C9H16O/c1-6(2)9(4,10)8-5-7(8)3/h6,8,10H,3,5H2,1-2,4H3/t8-,9-/m1/s1. The van der Waals surface area contributed by atoms with Gasteiger partial charge in [0, 0.05) is 5.92 Å². The zero-order chi connectivity index (χ0) is 7.94. The highest BCUT2D eigenvalue weighted by atomic mass is 16.3. The van der Waals surface area contributed by atoms with Crippen molar-refractivity contribution in [2.45, 2.75) is 32.8 Å². The van der Waals surface area contributed by atoms with Gasteiger partial charge in [0.2, 0.25) is 0 Å². The van der Waals surface area contributed by atoms with Gasteiger partial charge in [0.05, 0.1) is 5.60 Å². The van der Waals surface area contributed by atoms with E-state index in [1.165, 1.54) is 5.57 Å². The molecule has 0 heterocycles. The number of aliphatic hydroxyl groups is 1. The Morgan fingerprint density at radius 1 is 1.70 bits per heavy atom. The summed E-state index contributed by atoms with van der Waals surface area (Å²) in [5.74, 6) is 0.698. The minimum absolute atomic E-state index is 0.330. The minimum atomic E-state index is -0.517. The molecule has 0 aromatic heterocycles. The van der Waals surface area contributed by atoms with Crippen molar-refractivity contribution in [1.29, 1.82) is 0 Å². The summed E-state index contributed by atoms with van der Waals surface area (Å²) in [6.45, 7) is 9.83. The van der Waals surface area contributed by atoms with E-state index < -0.39 is 5.60 Å². The van der Waals surface area contributed by atoms with Gasteiger partial charge in [-0.1, -0.05) is 26.0 Å². The predicted octanol–water partition coefficient (Wildman–Crippen LogP) is 1.97. The van der Waals surface area contributed by atoms with E-state index in [-0.39, 0.29) is 0 Å². The normalized spacial score (nSPS) is 30.5. The fourth-order valence-corrected chi connectivity index (χ4v) is 1.23. The van der Waals surface area contributed by atoms with Crippen molar-refractivity contribution < 1.29 is 5.11 Å². The van der Waals surface area contributed by atoms with Crippen molar-refractivity contribution in [3.05, 3.63) is 12.2 Å². The van der Waals surface area contributed by atoms with E-state index >= 15 is 0 Å². The van der Waals surface area contributed by atoms with E-state index in [9.17, 15) is 5.11 Å². The second-order valence-electron chi connectivity index (χ2n) is 3.80. The molecule has 1 nitrogen and oxygen atoms in total. The monoisotopic (exact) mass is 140 g/mol. The van der Waals surface area contributed by atoms with Crippen molar-refractivity contribution in [2.24, 2.45) is 11.8 Å². The quantitative estimate of drug-likeness (QED) is 0.581. The highest BCUT2D eigenvalue weighted by Crippen LogP contribution is 2.47. The maximum Gasteiger partial charge on any atom is 0.0710 e. The summed E-state index contributed by atoms with van der Waals surface area (Å²) >= 11 is 0. The molecule has 0 aromatic carbocycles. The van der Waals surface area contributed by atoms with Gasteiger partial charge >= 0.3 is 0 Å². The Labute approximate surface area is 62.8 Å². The first kappa shape index (κ1) is 7.80. The summed E-state index contributed by atoms with van der Waals surface area (Å²) in [7, 11) is 0. The van der Waals surface area contributed by atoms with E-state index in [0.717, 1.165) is 6.42 Å². The van der Waals surface area contributed by atoms with Crippen molar-refractivity contribution in [1.82, 2.24) is 0 Å². The lowest BCUT2D eigenvalue weighted by atomic mass is 9.87. The fourth-order valence-electron chi connectivity index (χ4n) is 1.23. The first-order valence-corrected chi connectivity index (χ1v) is 3.86.